The molecule has 2 aliphatic heterocycles. The minimum absolute atomic E-state index is 0.00278. The van der Waals surface area contributed by atoms with E-state index >= 15 is 0 Å². The van der Waals surface area contributed by atoms with Gasteiger partial charge < -0.3 is 14.2 Å². The summed E-state index contributed by atoms with van der Waals surface area (Å²) >= 11 is 0. The fraction of sp³-hybridized carbons (Fsp3) is 0.318. The van der Waals surface area contributed by atoms with E-state index in [4.69, 9.17) is 4.42 Å². The lowest BCUT2D eigenvalue weighted by Gasteiger charge is -2.27. The first-order chi connectivity index (χ1) is 14.7. The Morgan fingerprint density at radius 2 is 2.13 bits per heavy atom. The molecule has 0 aliphatic carbocycles. The monoisotopic (exact) mass is 403 g/mol. The van der Waals surface area contributed by atoms with Crippen molar-refractivity contribution in [3.8, 4) is 11.5 Å². The lowest BCUT2D eigenvalue weighted by atomic mass is 10.0. The molecule has 0 aromatic carbocycles. The minimum atomic E-state index is -0.326. The molecule has 2 amide bonds. The number of hydrogen-bond acceptors (Lipinski definition) is 6. The van der Waals surface area contributed by atoms with E-state index < -0.39 is 0 Å². The number of aromatic nitrogens is 3. The Balaban J connectivity index is 1.25. The summed E-state index contributed by atoms with van der Waals surface area (Å²) in [6.45, 7) is 1.84. The maximum Gasteiger partial charge on any atom is 0.228 e. The number of nitrogens with zero attached hydrogens (tertiary/aromatic N) is 5. The van der Waals surface area contributed by atoms with E-state index in [0.29, 0.717) is 38.5 Å². The highest BCUT2D eigenvalue weighted by Crippen LogP contribution is 2.28. The van der Waals surface area contributed by atoms with Crippen LogP contribution in [0.2, 0.25) is 0 Å². The summed E-state index contributed by atoms with van der Waals surface area (Å²) in [5.41, 5.74) is 2.42. The van der Waals surface area contributed by atoms with Gasteiger partial charge in [0.25, 0.3) is 0 Å². The summed E-state index contributed by atoms with van der Waals surface area (Å²) in [5, 5.41) is 0. The van der Waals surface area contributed by atoms with Crippen molar-refractivity contribution < 1.29 is 14.0 Å². The third-order valence-electron chi connectivity index (χ3n) is 5.59. The predicted octanol–water partition coefficient (Wildman–Crippen LogP) is 2.06. The number of pyridine rings is 2. The molecule has 1 saturated heterocycles. The third-order valence-corrected chi connectivity index (χ3v) is 5.59. The summed E-state index contributed by atoms with van der Waals surface area (Å²) in [6.07, 6.45) is 5.98. The van der Waals surface area contributed by atoms with Crippen LogP contribution in [0.5, 0.6) is 0 Å². The van der Waals surface area contributed by atoms with Gasteiger partial charge in [-0.3, -0.25) is 19.6 Å². The summed E-state index contributed by atoms with van der Waals surface area (Å²) in [7, 11) is 0. The Hall–Kier alpha value is -3.55. The van der Waals surface area contributed by atoms with Crippen molar-refractivity contribution in [1.29, 1.82) is 0 Å². The Morgan fingerprint density at radius 1 is 1.20 bits per heavy atom. The van der Waals surface area contributed by atoms with Gasteiger partial charge in [-0.05, 0) is 24.3 Å². The Kier molecular flexibility index (Phi) is 4.74. The molecule has 1 atom stereocenters. The zero-order chi connectivity index (χ0) is 20.5. The fourth-order valence-corrected chi connectivity index (χ4v) is 4.04. The van der Waals surface area contributed by atoms with Gasteiger partial charge in [-0.15, -0.1) is 0 Å². The van der Waals surface area contributed by atoms with Crippen LogP contribution in [0.25, 0.3) is 11.5 Å². The van der Waals surface area contributed by atoms with Gasteiger partial charge in [0.1, 0.15) is 11.5 Å². The quantitative estimate of drug-likeness (QED) is 0.662. The molecule has 2 aliphatic rings. The first-order valence-electron chi connectivity index (χ1n) is 10.0. The zero-order valence-corrected chi connectivity index (χ0v) is 16.4. The van der Waals surface area contributed by atoms with E-state index in [9.17, 15) is 9.59 Å². The molecule has 8 heteroatoms. The van der Waals surface area contributed by atoms with E-state index in [0.717, 1.165) is 22.7 Å². The van der Waals surface area contributed by atoms with Gasteiger partial charge in [-0.25, -0.2) is 4.98 Å². The van der Waals surface area contributed by atoms with Gasteiger partial charge in [0, 0.05) is 44.5 Å². The second-order valence-corrected chi connectivity index (χ2v) is 7.64. The maximum atomic E-state index is 13.1. The Labute approximate surface area is 173 Å². The average Bonchev–Trinajstić information content (AvgIpc) is 3.38. The van der Waals surface area contributed by atoms with Gasteiger partial charge >= 0.3 is 0 Å². The molecule has 3 aromatic heterocycles. The standard InChI is InChI=1S/C22H21N5O3/c28-20-10-16(12-27(20)13-17-5-1-2-8-24-17)22(29)26-9-6-19-18(14-26)25-21(30-19)15-4-3-7-23-11-15/h1-5,7-8,11,16H,6,9-10,12-14H2. The fourth-order valence-electron chi connectivity index (χ4n) is 4.04. The highest BCUT2D eigenvalue weighted by Gasteiger charge is 2.38. The maximum absolute atomic E-state index is 13.1. The average molecular weight is 403 g/mol. The van der Waals surface area contributed by atoms with E-state index in [1.807, 2.05) is 30.3 Å². The van der Waals surface area contributed by atoms with Crippen LogP contribution >= 0.6 is 0 Å². The van der Waals surface area contributed by atoms with Crippen molar-refractivity contribution in [3.05, 3.63) is 66.1 Å². The van der Waals surface area contributed by atoms with Gasteiger partial charge in [-0.1, -0.05) is 6.07 Å². The minimum Gasteiger partial charge on any atom is -0.441 e. The first kappa shape index (κ1) is 18.5. The topological polar surface area (TPSA) is 92.4 Å². The number of oxazole rings is 1. The molecule has 0 radical (unpaired) electrons. The van der Waals surface area contributed by atoms with Crippen molar-refractivity contribution in [3.63, 3.8) is 0 Å². The van der Waals surface area contributed by atoms with Gasteiger partial charge in [-0.2, -0.15) is 0 Å². The summed E-state index contributed by atoms with van der Waals surface area (Å²) in [4.78, 5) is 42.0. The van der Waals surface area contributed by atoms with E-state index in [1.165, 1.54) is 0 Å². The molecule has 3 aromatic rings. The molecule has 0 N–H and O–H groups in total. The van der Waals surface area contributed by atoms with Crippen molar-refractivity contribution in [2.45, 2.75) is 25.9 Å². The summed E-state index contributed by atoms with van der Waals surface area (Å²) in [5.74, 6) is 1.02. The number of amides is 2. The Morgan fingerprint density at radius 3 is 2.93 bits per heavy atom. The first-order valence-corrected chi connectivity index (χ1v) is 10.0. The van der Waals surface area contributed by atoms with E-state index in [-0.39, 0.29) is 24.2 Å². The third kappa shape index (κ3) is 3.56. The van der Waals surface area contributed by atoms with Gasteiger partial charge in [0.05, 0.1) is 30.3 Å². The lowest BCUT2D eigenvalue weighted by Crippen LogP contribution is -2.40. The number of carbonyl (C=O) groups excluding carboxylic acids is 2. The lowest BCUT2D eigenvalue weighted by molar-refractivity contribution is -0.136. The SMILES string of the molecule is O=C1CC(C(=O)N2CCc3oc(-c4cccnc4)nc3C2)CN1Cc1ccccn1. The van der Waals surface area contributed by atoms with Crippen LogP contribution in [0, 0.1) is 5.92 Å². The molecule has 0 spiro atoms. The van der Waals surface area contributed by atoms with Crippen LogP contribution < -0.4 is 0 Å². The van der Waals surface area contributed by atoms with Crippen molar-refractivity contribution in [2.24, 2.45) is 5.92 Å². The Bertz CT molecular complexity index is 1070. The van der Waals surface area contributed by atoms with E-state index in [2.05, 4.69) is 15.0 Å². The number of carbonyl (C=O) groups is 2. The van der Waals surface area contributed by atoms with Crippen LogP contribution in [0.15, 0.2) is 53.3 Å². The van der Waals surface area contributed by atoms with Crippen LogP contribution in [-0.2, 0) is 29.1 Å². The largest absolute Gasteiger partial charge is 0.441 e. The van der Waals surface area contributed by atoms with Gasteiger partial charge in [0.2, 0.25) is 17.7 Å². The van der Waals surface area contributed by atoms with Crippen molar-refractivity contribution in [2.75, 3.05) is 13.1 Å². The molecule has 152 valence electrons. The second-order valence-electron chi connectivity index (χ2n) is 7.64. The predicted molar refractivity (Wildman–Crippen MR) is 107 cm³/mol. The zero-order valence-electron chi connectivity index (χ0n) is 16.4. The molecular formula is C22H21N5O3. The number of likely N-dealkylation sites (tertiary alicyclic amines) is 1. The van der Waals surface area contributed by atoms with Gasteiger partial charge in [0.15, 0.2) is 0 Å². The molecule has 0 saturated carbocycles. The van der Waals surface area contributed by atoms with Crippen LogP contribution in [0.4, 0.5) is 0 Å². The van der Waals surface area contributed by atoms with E-state index in [1.54, 1.807) is 28.4 Å². The van der Waals surface area contributed by atoms with Crippen LogP contribution in [0.1, 0.15) is 23.6 Å². The molecule has 5 heterocycles. The molecule has 5 rings (SSSR count). The molecule has 1 fully saturated rings. The number of rotatable bonds is 4. The second kappa shape index (κ2) is 7.70. The van der Waals surface area contributed by atoms with Crippen LogP contribution in [0.3, 0.4) is 0 Å². The van der Waals surface area contributed by atoms with Crippen LogP contribution in [-0.4, -0.2) is 49.7 Å². The highest BCUT2D eigenvalue weighted by molar-refractivity contribution is 5.89. The highest BCUT2D eigenvalue weighted by atomic mass is 16.4. The normalized spacial score (nSPS) is 18.5. The molecular weight excluding hydrogens is 382 g/mol. The number of hydrogen-bond donors (Lipinski definition) is 0. The molecule has 8 nitrogen and oxygen atoms in total. The smallest absolute Gasteiger partial charge is 0.228 e. The summed E-state index contributed by atoms with van der Waals surface area (Å²) in [6, 6.07) is 9.36. The van der Waals surface area contributed by atoms with Crippen molar-refractivity contribution in [1.82, 2.24) is 24.8 Å². The molecule has 0 bridgehead atoms. The molecule has 30 heavy (non-hydrogen) atoms. The summed E-state index contributed by atoms with van der Waals surface area (Å²) < 4.78 is 5.89. The molecule has 1 unspecified atom stereocenters. The van der Waals surface area contributed by atoms with Crippen molar-refractivity contribution >= 4 is 11.8 Å². The number of fused-ring (bicyclic) bond motifs is 1.